The molecule has 1 aliphatic rings. The molecule has 1 fully saturated rings. The van der Waals surface area contributed by atoms with Gasteiger partial charge in [0.1, 0.15) is 0 Å². The molecule has 2 amide bonds. The molecule has 188 valence electrons. The van der Waals surface area contributed by atoms with Crippen LogP contribution in [0.5, 0.6) is 0 Å². The molecule has 3 N–H and O–H groups in total. The number of aromatic nitrogens is 2. The number of pyridine rings is 1. The number of alkyl halides is 3. The van der Waals surface area contributed by atoms with Gasteiger partial charge in [0.2, 0.25) is 0 Å². The minimum absolute atomic E-state index is 0.0777. The van der Waals surface area contributed by atoms with E-state index in [9.17, 15) is 27.5 Å². The molecule has 0 bridgehead atoms. The Hall–Kier alpha value is -3.03. The Morgan fingerprint density at radius 3 is 2.74 bits per heavy atom. The summed E-state index contributed by atoms with van der Waals surface area (Å²) in [5.74, 6) is -0.434. The highest BCUT2D eigenvalue weighted by Gasteiger charge is 2.32. The number of piperazine rings is 1. The minimum atomic E-state index is -4.48. The van der Waals surface area contributed by atoms with E-state index in [1.54, 1.807) is 16.7 Å². The summed E-state index contributed by atoms with van der Waals surface area (Å²) in [6.07, 6.45) is -3.95. The second-order valence-electron chi connectivity index (χ2n) is 8.31. The van der Waals surface area contributed by atoms with Crippen LogP contribution in [0.25, 0.3) is 10.2 Å². The van der Waals surface area contributed by atoms with E-state index >= 15 is 0 Å². The average Bonchev–Trinajstić information content (AvgIpc) is 3.19. The maximum absolute atomic E-state index is 14.6. The summed E-state index contributed by atoms with van der Waals surface area (Å²) >= 11 is 1.08. The fourth-order valence-electron chi connectivity index (χ4n) is 3.92. The van der Waals surface area contributed by atoms with Crippen molar-refractivity contribution in [2.75, 3.05) is 36.5 Å². The van der Waals surface area contributed by atoms with Crippen molar-refractivity contribution < 1.29 is 32.6 Å². The molecular formula is C22H23F4N5O3S. The van der Waals surface area contributed by atoms with Crippen LogP contribution in [0.2, 0.25) is 0 Å². The molecule has 0 saturated carbocycles. The number of aliphatic hydroxyl groups excluding tert-OH is 2. The van der Waals surface area contributed by atoms with Gasteiger partial charge in [-0.15, -0.1) is 0 Å². The van der Waals surface area contributed by atoms with E-state index in [0.29, 0.717) is 23.4 Å². The Bertz CT molecular complexity index is 1220. The van der Waals surface area contributed by atoms with Crippen molar-refractivity contribution in [2.45, 2.75) is 31.7 Å². The molecule has 3 heterocycles. The first-order chi connectivity index (χ1) is 16.5. The number of hydrogen-bond donors (Lipinski definition) is 3. The maximum atomic E-state index is 14.6. The molecular weight excluding hydrogens is 490 g/mol. The van der Waals surface area contributed by atoms with Gasteiger partial charge in [0.15, 0.2) is 16.8 Å². The number of hydrogen-bond acceptors (Lipinski definition) is 7. The van der Waals surface area contributed by atoms with Crippen molar-refractivity contribution in [3.63, 3.8) is 0 Å². The summed E-state index contributed by atoms with van der Waals surface area (Å²) in [6, 6.07) is 3.75. The Kier molecular flexibility index (Phi) is 7.10. The number of anilines is 2. The molecule has 1 aliphatic heterocycles. The van der Waals surface area contributed by atoms with Gasteiger partial charge >= 0.3 is 12.2 Å². The summed E-state index contributed by atoms with van der Waals surface area (Å²) in [4.78, 5) is 24.4. The van der Waals surface area contributed by atoms with Gasteiger partial charge in [0, 0.05) is 38.3 Å². The third-order valence-corrected chi connectivity index (χ3v) is 6.63. The molecule has 0 radical (unpaired) electrons. The third kappa shape index (κ3) is 5.63. The summed E-state index contributed by atoms with van der Waals surface area (Å²) in [7, 11) is 0. The molecule has 8 nitrogen and oxygen atoms in total. The normalized spacial score (nSPS) is 17.6. The Morgan fingerprint density at radius 2 is 2.09 bits per heavy atom. The van der Waals surface area contributed by atoms with E-state index in [1.807, 2.05) is 0 Å². The molecule has 1 saturated heterocycles. The van der Waals surface area contributed by atoms with Crippen molar-refractivity contribution in [3.05, 3.63) is 47.4 Å². The van der Waals surface area contributed by atoms with E-state index in [4.69, 9.17) is 5.11 Å². The molecule has 0 spiro atoms. The first kappa shape index (κ1) is 25.1. The van der Waals surface area contributed by atoms with Crippen LogP contribution in [0.15, 0.2) is 30.5 Å². The number of urea groups is 1. The lowest BCUT2D eigenvalue weighted by Gasteiger charge is -2.40. The van der Waals surface area contributed by atoms with Crippen LogP contribution in [0.4, 0.5) is 33.3 Å². The van der Waals surface area contributed by atoms with Gasteiger partial charge in [-0.25, -0.2) is 19.2 Å². The minimum Gasteiger partial charge on any atom is -0.394 e. The van der Waals surface area contributed by atoms with Gasteiger partial charge in [-0.2, -0.15) is 13.2 Å². The predicted molar refractivity (Wildman–Crippen MR) is 123 cm³/mol. The Morgan fingerprint density at radius 1 is 1.31 bits per heavy atom. The van der Waals surface area contributed by atoms with Crippen molar-refractivity contribution in [2.24, 2.45) is 0 Å². The topological polar surface area (TPSA) is 102 Å². The number of carbonyl (C=O) groups excluding carboxylic acids is 1. The lowest BCUT2D eigenvalue weighted by atomic mass is 10.1. The first-order valence-corrected chi connectivity index (χ1v) is 11.6. The van der Waals surface area contributed by atoms with Gasteiger partial charge in [-0.1, -0.05) is 11.3 Å². The standard InChI is InChI=1S/C22H23F4N5O3S/c1-12-10-30(19-16(23)7-13(9-27-19)6-15(33)11-32)4-5-31(12)21(34)29-20-28-17-8-14(22(24,25)26)2-3-18(17)35-20/h2-3,7-9,12,15,32-33H,4-6,10-11H2,1H3,(H,28,29,34)/t12-,15-/m0/s1. The van der Waals surface area contributed by atoms with Gasteiger partial charge in [0.25, 0.3) is 0 Å². The highest BCUT2D eigenvalue weighted by molar-refractivity contribution is 7.22. The molecule has 1 aromatic carbocycles. The highest BCUT2D eigenvalue weighted by Crippen LogP contribution is 2.34. The van der Waals surface area contributed by atoms with Crippen molar-refractivity contribution >= 4 is 38.5 Å². The molecule has 35 heavy (non-hydrogen) atoms. The number of fused-ring (bicyclic) bond motifs is 1. The van der Waals surface area contributed by atoms with E-state index in [1.165, 1.54) is 18.3 Å². The van der Waals surface area contributed by atoms with Crippen LogP contribution < -0.4 is 10.2 Å². The van der Waals surface area contributed by atoms with Gasteiger partial charge < -0.3 is 20.0 Å². The highest BCUT2D eigenvalue weighted by atomic mass is 32.1. The zero-order chi connectivity index (χ0) is 25.3. The Labute approximate surface area is 201 Å². The zero-order valence-corrected chi connectivity index (χ0v) is 19.4. The van der Waals surface area contributed by atoms with Crippen molar-refractivity contribution in [3.8, 4) is 0 Å². The smallest absolute Gasteiger partial charge is 0.394 e. The predicted octanol–water partition coefficient (Wildman–Crippen LogP) is 3.49. The van der Waals surface area contributed by atoms with Gasteiger partial charge in [-0.05, 0) is 36.8 Å². The number of thiazole rings is 1. The van der Waals surface area contributed by atoms with Crippen LogP contribution in [-0.2, 0) is 12.6 Å². The van der Waals surface area contributed by atoms with E-state index in [-0.39, 0.29) is 35.5 Å². The van der Waals surface area contributed by atoms with Crippen LogP contribution in [0.3, 0.4) is 0 Å². The number of rotatable bonds is 5. The first-order valence-electron chi connectivity index (χ1n) is 10.8. The molecule has 0 unspecified atom stereocenters. The van der Waals surface area contributed by atoms with Gasteiger partial charge in [0.05, 0.1) is 28.5 Å². The largest absolute Gasteiger partial charge is 0.416 e. The number of benzene rings is 1. The number of nitrogens with zero attached hydrogens (tertiary/aromatic N) is 4. The van der Waals surface area contributed by atoms with E-state index in [2.05, 4.69) is 15.3 Å². The second-order valence-corrected chi connectivity index (χ2v) is 9.34. The fourth-order valence-corrected chi connectivity index (χ4v) is 4.76. The van der Waals surface area contributed by atoms with Gasteiger partial charge in [-0.3, -0.25) is 5.32 Å². The average molecular weight is 514 g/mol. The van der Waals surface area contributed by atoms with Crippen LogP contribution in [-0.4, -0.2) is 69.5 Å². The lowest BCUT2D eigenvalue weighted by Crippen LogP contribution is -2.55. The second kappa shape index (κ2) is 9.91. The number of halogens is 4. The monoisotopic (exact) mass is 513 g/mol. The zero-order valence-electron chi connectivity index (χ0n) is 18.6. The third-order valence-electron chi connectivity index (χ3n) is 5.68. The number of carbonyl (C=O) groups is 1. The molecule has 2 atom stereocenters. The van der Waals surface area contributed by atoms with E-state index in [0.717, 1.165) is 23.5 Å². The van der Waals surface area contributed by atoms with E-state index < -0.39 is 36.3 Å². The fraction of sp³-hybridized carbons (Fsp3) is 0.409. The summed E-state index contributed by atoms with van der Waals surface area (Å²) < 4.78 is 54.0. The quantitative estimate of drug-likeness (QED) is 0.452. The van der Waals surface area contributed by atoms with Crippen LogP contribution in [0.1, 0.15) is 18.1 Å². The molecule has 2 aromatic heterocycles. The van der Waals surface area contributed by atoms with Crippen molar-refractivity contribution in [1.82, 2.24) is 14.9 Å². The summed E-state index contributed by atoms with van der Waals surface area (Å²) in [5, 5.41) is 21.3. The molecule has 3 aromatic rings. The van der Waals surface area contributed by atoms with Crippen LogP contribution >= 0.6 is 11.3 Å². The van der Waals surface area contributed by atoms with Crippen LogP contribution in [0, 0.1) is 5.82 Å². The van der Waals surface area contributed by atoms with Crippen molar-refractivity contribution in [1.29, 1.82) is 0 Å². The SMILES string of the molecule is C[C@H]1CN(c2ncc(C[C@H](O)CO)cc2F)CCN1C(=O)Nc1nc2cc(C(F)(F)F)ccc2s1. The number of amides is 2. The summed E-state index contributed by atoms with van der Waals surface area (Å²) in [6.45, 7) is 2.25. The number of nitrogens with one attached hydrogen (secondary N) is 1. The lowest BCUT2D eigenvalue weighted by molar-refractivity contribution is -0.137. The molecule has 0 aliphatic carbocycles. The summed E-state index contributed by atoms with van der Waals surface area (Å²) in [5.41, 5.74) is -0.206. The maximum Gasteiger partial charge on any atom is 0.416 e. The molecule has 13 heteroatoms. The Balaban J connectivity index is 1.40. The molecule has 4 rings (SSSR count). The number of aliphatic hydroxyl groups is 2.